The number of fused-ring (bicyclic) bond motifs is 1. The van der Waals surface area contributed by atoms with Crippen LogP contribution in [-0.4, -0.2) is 22.6 Å². The molecule has 1 atom stereocenters. The van der Waals surface area contributed by atoms with Crippen LogP contribution < -0.4 is 4.74 Å². The van der Waals surface area contributed by atoms with Crippen molar-refractivity contribution < 1.29 is 18.7 Å². The minimum Gasteiger partial charge on any atom is -0.489 e. The number of carbonyl (C=O) groups excluding carboxylic acids is 1. The predicted molar refractivity (Wildman–Crippen MR) is 123 cm³/mol. The second-order valence-electron chi connectivity index (χ2n) is 6.93. The minimum atomic E-state index is -0.460. The first-order valence-corrected chi connectivity index (χ1v) is 11.4. The summed E-state index contributed by atoms with van der Waals surface area (Å²) in [5.74, 6) is -0.125. The average molecular weight is 503 g/mol. The molecule has 31 heavy (non-hydrogen) atoms. The van der Waals surface area contributed by atoms with E-state index >= 15 is 0 Å². The number of carbonyl (C=O) groups is 1. The zero-order valence-corrected chi connectivity index (χ0v) is 19.4. The van der Waals surface area contributed by atoms with E-state index in [2.05, 4.69) is 20.9 Å². The number of aliphatic imine (C=N–C) groups is 1. The lowest BCUT2D eigenvalue weighted by atomic mass is 9.94. The second-order valence-corrected chi connectivity index (χ2v) is 8.72. The first-order chi connectivity index (χ1) is 15.0. The minimum absolute atomic E-state index is 0.197. The first-order valence-electron chi connectivity index (χ1n) is 9.73. The van der Waals surface area contributed by atoms with Crippen LogP contribution in [0.25, 0.3) is 0 Å². The summed E-state index contributed by atoms with van der Waals surface area (Å²) in [6.07, 6.45) is 1.90. The molecule has 2 heterocycles. The lowest BCUT2D eigenvalue weighted by molar-refractivity contribution is -0.139. The highest BCUT2D eigenvalue weighted by molar-refractivity contribution is 9.10. The van der Waals surface area contributed by atoms with Gasteiger partial charge in [0.25, 0.3) is 0 Å². The number of hydrogen-bond acceptors (Lipinski definition) is 6. The molecular formula is C23H20BrFN2O3S. The topological polar surface area (TPSA) is 51.1 Å². The number of ether oxygens (including phenoxy) is 2. The Morgan fingerprint density at radius 1 is 1.29 bits per heavy atom. The molecule has 2 aromatic rings. The first kappa shape index (κ1) is 21.6. The van der Waals surface area contributed by atoms with Crippen LogP contribution in [0.4, 0.5) is 4.39 Å². The van der Waals surface area contributed by atoms with Gasteiger partial charge in [-0.3, -0.25) is 0 Å². The molecule has 0 spiro atoms. The zero-order valence-electron chi connectivity index (χ0n) is 17.0. The summed E-state index contributed by atoms with van der Waals surface area (Å²) in [4.78, 5) is 19.4. The maximum atomic E-state index is 13.6. The van der Waals surface area contributed by atoms with Gasteiger partial charge in [0.1, 0.15) is 18.2 Å². The van der Waals surface area contributed by atoms with Gasteiger partial charge >= 0.3 is 5.97 Å². The number of rotatable bonds is 6. The van der Waals surface area contributed by atoms with E-state index in [1.807, 2.05) is 41.6 Å². The number of amidine groups is 1. The van der Waals surface area contributed by atoms with Crippen LogP contribution in [0.15, 0.2) is 74.8 Å². The lowest BCUT2D eigenvalue weighted by Crippen LogP contribution is -2.34. The molecule has 8 heteroatoms. The molecule has 0 aliphatic carbocycles. The molecule has 0 aromatic heterocycles. The van der Waals surface area contributed by atoms with E-state index < -0.39 is 12.0 Å². The van der Waals surface area contributed by atoms with Crippen molar-refractivity contribution in [2.75, 3.05) is 6.61 Å². The smallest absolute Gasteiger partial charge is 0.338 e. The number of allylic oxidation sites excluding steroid dienone is 1. The fourth-order valence-corrected chi connectivity index (χ4v) is 4.70. The van der Waals surface area contributed by atoms with Crippen molar-refractivity contribution in [3.8, 4) is 5.75 Å². The Morgan fingerprint density at radius 3 is 2.90 bits per heavy atom. The fraction of sp³-hybridized carbons (Fsp3) is 0.217. The maximum absolute atomic E-state index is 13.6. The van der Waals surface area contributed by atoms with E-state index in [-0.39, 0.29) is 19.0 Å². The quantitative estimate of drug-likeness (QED) is 0.457. The normalized spacial score (nSPS) is 17.5. The van der Waals surface area contributed by atoms with Gasteiger partial charge in [-0.25, -0.2) is 14.2 Å². The third-order valence-electron chi connectivity index (χ3n) is 4.87. The summed E-state index contributed by atoms with van der Waals surface area (Å²) < 4.78 is 25.9. The summed E-state index contributed by atoms with van der Waals surface area (Å²) in [6.45, 7) is 4.05. The molecule has 5 nitrogen and oxygen atoms in total. The van der Waals surface area contributed by atoms with Crippen LogP contribution in [0.3, 0.4) is 0 Å². The molecule has 4 rings (SSSR count). The Balaban J connectivity index is 1.75. The highest BCUT2D eigenvalue weighted by Crippen LogP contribution is 2.44. The number of esters is 1. The molecule has 0 bridgehead atoms. The number of nitrogens with zero attached hydrogens (tertiary/aromatic N) is 2. The molecule has 2 aliphatic heterocycles. The Morgan fingerprint density at radius 2 is 2.13 bits per heavy atom. The third kappa shape index (κ3) is 4.55. The van der Waals surface area contributed by atoms with Gasteiger partial charge in [-0.05, 0) is 55.2 Å². The van der Waals surface area contributed by atoms with Crippen LogP contribution in [-0.2, 0) is 16.1 Å². The fourth-order valence-electron chi connectivity index (χ4n) is 3.53. The number of hydrogen-bond donors (Lipinski definition) is 0. The van der Waals surface area contributed by atoms with Crippen molar-refractivity contribution in [2.45, 2.75) is 26.5 Å². The molecule has 0 fully saturated rings. The summed E-state index contributed by atoms with van der Waals surface area (Å²) in [6, 6.07) is 11.5. The van der Waals surface area contributed by atoms with Gasteiger partial charge in [-0.1, -0.05) is 39.8 Å². The highest BCUT2D eigenvalue weighted by atomic mass is 79.9. The van der Waals surface area contributed by atoms with E-state index in [4.69, 9.17) is 9.47 Å². The molecule has 0 saturated heterocycles. The van der Waals surface area contributed by atoms with Gasteiger partial charge in [0.15, 0.2) is 5.17 Å². The molecule has 0 unspecified atom stereocenters. The van der Waals surface area contributed by atoms with Crippen LogP contribution in [0.5, 0.6) is 5.75 Å². The predicted octanol–water partition coefficient (Wildman–Crippen LogP) is 5.94. The van der Waals surface area contributed by atoms with Crippen LogP contribution >= 0.6 is 27.7 Å². The Hall–Kier alpha value is -2.58. The zero-order chi connectivity index (χ0) is 22.0. The van der Waals surface area contributed by atoms with E-state index in [1.54, 1.807) is 19.1 Å². The van der Waals surface area contributed by atoms with Gasteiger partial charge in [-0.2, -0.15) is 0 Å². The molecule has 0 radical (unpaired) electrons. The van der Waals surface area contributed by atoms with Gasteiger partial charge < -0.3 is 14.4 Å². The van der Waals surface area contributed by atoms with Crippen LogP contribution in [0.2, 0.25) is 0 Å². The molecule has 2 aromatic carbocycles. The standard InChI is InChI=1S/C23H20BrFN2O3S/c1-3-29-22(28)20-14(2)26-23-27(9-10-31-23)21(20)18-12-16(24)7-8-19(18)30-13-15-5-4-6-17(25)11-15/h4-12,21H,3,13H2,1-2H3/t21-/m0/s1. The molecule has 0 saturated carbocycles. The number of benzene rings is 2. The highest BCUT2D eigenvalue weighted by Gasteiger charge is 2.39. The van der Waals surface area contributed by atoms with Crippen molar-refractivity contribution in [3.63, 3.8) is 0 Å². The van der Waals surface area contributed by atoms with Crippen molar-refractivity contribution in [1.82, 2.24) is 4.90 Å². The van der Waals surface area contributed by atoms with Gasteiger partial charge in [0, 0.05) is 16.2 Å². The second kappa shape index (κ2) is 9.28. The summed E-state index contributed by atoms with van der Waals surface area (Å²) in [5, 5.41) is 2.71. The summed E-state index contributed by atoms with van der Waals surface area (Å²) in [5.41, 5.74) is 2.58. The molecule has 0 N–H and O–H groups in total. The van der Waals surface area contributed by atoms with Gasteiger partial charge in [0.05, 0.1) is 23.9 Å². The largest absolute Gasteiger partial charge is 0.489 e. The van der Waals surface area contributed by atoms with E-state index in [0.717, 1.165) is 15.2 Å². The summed E-state index contributed by atoms with van der Waals surface area (Å²) in [7, 11) is 0. The van der Waals surface area contributed by atoms with E-state index in [0.29, 0.717) is 22.6 Å². The van der Waals surface area contributed by atoms with Gasteiger partial charge in [-0.15, -0.1) is 0 Å². The average Bonchev–Trinajstić information content (AvgIpc) is 3.20. The van der Waals surface area contributed by atoms with Crippen LogP contribution in [0.1, 0.15) is 31.0 Å². The van der Waals surface area contributed by atoms with E-state index in [9.17, 15) is 9.18 Å². The Labute approximate surface area is 192 Å². The third-order valence-corrected chi connectivity index (χ3v) is 6.13. The molecular weight excluding hydrogens is 483 g/mol. The van der Waals surface area contributed by atoms with Crippen molar-refractivity contribution in [2.24, 2.45) is 4.99 Å². The maximum Gasteiger partial charge on any atom is 0.338 e. The van der Waals surface area contributed by atoms with Crippen LogP contribution in [0, 0.1) is 5.82 Å². The molecule has 2 aliphatic rings. The molecule has 0 amide bonds. The Bertz CT molecular complexity index is 1120. The molecule has 160 valence electrons. The monoisotopic (exact) mass is 502 g/mol. The lowest BCUT2D eigenvalue weighted by Gasteiger charge is -2.34. The van der Waals surface area contributed by atoms with Crippen molar-refractivity contribution in [3.05, 3.63) is 86.8 Å². The van der Waals surface area contributed by atoms with E-state index in [1.165, 1.54) is 23.9 Å². The van der Waals surface area contributed by atoms with Crippen molar-refractivity contribution in [1.29, 1.82) is 0 Å². The van der Waals surface area contributed by atoms with Crippen molar-refractivity contribution >= 4 is 38.8 Å². The number of thioether (sulfide) groups is 1. The summed E-state index contributed by atoms with van der Waals surface area (Å²) >= 11 is 5.03. The number of halogens is 2. The van der Waals surface area contributed by atoms with Gasteiger partial charge in [0.2, 0.25) is 0 Å². The Kier molecular flexibility index (Phi) is 6.48. The SMILES string of the molecule is CCOC(=O)C1=C(C)N=C2SC=CN2[C@H]1c1cc(Br)ccc1OCc1cccc(F)c1.